The average molecular weight is 273 g/mol. The number of carbonyl (C=O) groups excluding carboxylic acids is 1. The van der Waals surface area contributed by atoms with Crippen LogP contribution in [-0.2, 0) is 21.7 Å². The smallest absolute Gasteiger partial charge is 0.305 e. The van der Waals surface area contributed by atoms with Gasteiger partial charge in [-0.25, -0.2) is 0 Å². The number of halogens is 1. The highest BCUT2D eigenvalue weighted by Gasteiger charge is 2.01. The van der Waals surface area contributed by atoms with Crippen molar-refractivity contribution in [3.05, 3.63) is 35.4 Å². The number of aryl methyl sites for hydroxylation is 1. The quantitative estimate of drug-likeness (QED) is 0.433. The highest BCUT2D eigenvalue weighted by molar-refractivity contribution is 7.98. The normalized spacial score (nSPS) is 10.2. The van der Waals surface area contributed by atoms with Crippen molar-refractivity contribution in [3.63, 3.8) is 0 Å². The lowest BCUT2D eigenvalue weighted by molar-refractivity contribution is -0.140. The van der Waals surface area contributed by atoms with Gasteiger partial charge in [-0.1, -0.05) is 24.3 Å². The van der Waals surface area contributed by atoms with Crippen LogP contribution >= 0.6 is 23.4 Å². The molecule has 4 heteroatoms. The van der Waals surface area contributed by atoms with Crippen molar-refractivity contribution in [2.24, 2.45) is 0 Å². The molecule has 0 heterocycles. The van der Waals surface area contributed by atoms with Crippen LogP contribution in [0.15, 0.2) is 24.3 Å². The Hall–Kier alpha value is -0.670. The fraction of sp³-hybridized carbons (Fsp3) is 0.462. The Kier molecular flexibility index (Phi) is 7.13. The molecule has 1 aromatic rings. The summed E-state index contributed by atoms with van der Waals surface area (Å²) in [5.74, 6) is 2.50. The molecule has 0 atom stereocenters. The van der Waals surface area contributed by atoms with Crippen molar-refractivity contribution in [2.45, 2.75) is 18.6 Å². The second-order valence-corrected chi connectivity index (χ2v) is 5.12. The van der Waals surface area contributed by atoms with E-state index in [1.807, 2.05) is 11.8 Å². The summed E-state index contributed by atoms with van der Waals surface area (Å²) in [6, 6.07) is 8.35. The number of esters is 1. The minimum Gasteiger partial charge on any atom is -0.469 e. The summed E-state index contributed by atoms with van der Waals surface area (Å²) in [5, 5.41) is 0. The number of ether oxygens (including phenoxy) is 1. The van der Waals surface area contributed by atoms with E-state index in [-0.39, 0.29) is 5.97 Å². The summed E-state index contributed by atoms with van der Waals surface area (Å²) < 4.78 is 4.61. The van der Waals surface area contributed by atoms with Gasteiger partial charge in [0.15, 0.2) is 0 Å². The molecule has 0 amide bonds. The molecular formula is C13H17ClO2S. The zero-order chi connectivity index (χ0) is 12.5. The lowest BCUT2D eigenvalue weighted by Gasteiger charge is -2.03. The molecule has 0 spiro atoms. The third-order valence-corrected chi connectivity index (χ3v) is 3.80. The predicted octanol–water partition coefficient (Wildman–Crippen LogP) is 3.26. The van der Waals surface area contributed by atoms with E-state index in [9.17, 15) is 4.79 Å². The van der Waals surface area contributed by atoms with Crippen molar-refractivity contribution in [3.8, 4) is 0 Å². The summed E-state index contributed by atoms with van der Waals surface area (Å²) >= 11 is 7.44. The van der Waals surface area contributed by atoms with Crippen LogP contribution in [0.4, 0.5) is 0 Å². The van der Waals surface area contributed by atoms with Gasteiger partial charge in [0.25, 0.3) is 0 Å². The van der Waals surface area contributed by atoms with E-state index >= 15 is 0 Å². The van der Waals surface area contributed by atoms with Crippen LogP contribution < -0.4 is 0 Å². The van der Waals surface area contributed by atoms with Crippen molar-refractivity contribution in [2.75, 3.05) is 18.7 Å². The number of benzene rings is 1. The Balaban J connectivity index is 2.36. The Labute approximate surface area is 112 Å². The monoisotopic (exact) mass is 272 g/mol. The van der Waals surface area contributed by atoms with E-state index in [1.54, 1.807) is 0 Å². The summed E-state index contributed by atoms with van der Waals surface area (Å²) in [7, 11) is 1.42. The molecule has 0 aliphatic heterocycles. The van der Waals surface area contributed by atoms with Crippen molar-refractivity contribution >= 4 is 29.3 Å². The Morgan fingerprint density at radius 2 is 1.94 bits per heavy atom. The van der Waals surface area contributed by atoms with E-state index in [1.165, 1.54) is 18.2 Å². The van der Waals surface area contributed by atoms with Crippen molar-refractivity contribution < 1.29 is 9.53 Å². The number of hydrogen-bond acceptors (Lipinski definition) is 3. The molecule has 0 aliphatic carbocycles. The molecule has 0 N–H and O–H groups in total. The lowest BCUT2D eigenvalue weighted by Crippen LogP contribution is -2.01. The van der Waals surface area contributed by atoms with Gasteiger partial charge in [0.2, 0.25) is 0 Å². The first-order chi connectivity index (χ1) is 8.26. The Morgan fingerprint density at radius 3 is 2.53 bits per heavy atom. The van der Waals surface area contributed by atoms with Gasteiger partial charge in [-0.3, -0.25) is 4.79 Å². The fourth-order valence-corrected chi connectivity index (χ4v) is 2.40. The van der Waals surface area contributed by atoms with E-state index in [0.717, 1.165) is 17.9 Å². The van der Waals surface area contributed by atoms with Gasteiger partial charge >= 0.3 is 5.97 Å². The van der Waals surface area contributed by atoms with Crippen molar-refractivity contribution in [1.82, 2.24) is 0 Å². The van der Waals surface area contributed by atoms with Crippen LogP contribution in [-0.4, -0.2) is 24.7 Å². The number of carbonyl (C=O) groups is 1. The van der Waals surface area contributed by atoms with Crippen LogP contribution in [0.25, 0.3) is 0 Å². The van der Waals surface area contributed by atoms with Crippen LogP contribution in [0.2, 0.25) is 0 Å². The first-order valence-electron chi connectivity index (χ1n) is 5.54. The topological polar surface area (TPSA) is 26.3 Å². The maximum absolute atomic E-state index is 11.0. The maximum atomic E-state index is 11.0. The third kappa shape index (κ3) is 5.99. The number of alkyl halides is 1. The van der Waals surface area contributed by atoms with Crippen LogP contribution in [0.1, 0.15) is 17.5 Å². The zero-order valence-electron chi connectivity index (χ0n) is 9.95. The molecule has 0 unspecified atom stereocenters. The van der Waals surface area contributed by atoms with Gasteiger partial charge in [0.1, 0.15) is 0 Å². The fourth-order valence-electron chi connectivity index (χ4n) is 1.40. The van der Waals surface area contributed by atoms with Gasteiger partial charge in [-0.2, -0.15) is 11.8 Å². The van der Waals surface area contributed by atoms with Crippen LogP contribution in [0.5, 0.6) is 0 Å². The largest absolute Gasteiger partial charge is 0.469 e. The molecule has 2 nitrogen and oxygen atoms in total. The number of methoxy groups -OCH3 is 1. The molecular weight excluding hydrogens is 256 g/mol. The standard InChI is InChI=1S/C13H17ClO2S/c1-16-13(15)7-6-11-2-4-12(5-3-11)10-17-9-8-14/h2-5H,6-10H2,1H3. The molecule has 0 fully saturated rings. The molecule has 1 rings (SSSR count). The predicted molar refractivity (Wildman–Crippen MR) is 73.7 cm³/mol. The number of thioether (sulfide) groups is 1. The summed E-state index contributed by atoms with van der Waals surface area (Å²) in [4.78, 5) is 11.0. The minimum atomic E-state index is -0.160. The number of rotatable bonds is 7. The summed E-state index contributed by atoms with van der Waals surface area (Å²) in [5.41, 5.74) is 2.46. The second-order valence-electron chi connectivity index (χ2n) is 3.63. The van der Waals surface area contributed by atoms with E-state index in [2.05, 4.69) is 29.0 Å². The summed E-state index contributed by atoms with van der Waals surface area (Å²) in [6.45, 7) is 0. The van der Waals surface area contributed by atoms with Gasteiger partial charge in [-0.05, 0) is 17.5 Å². The molecule has 17 heavy (non-hydrogen) atoms. The molecule has 94 valence electrons. The first-order valence-corrected chi connectivity index (χ1v) is 7.23. The molecule has 0 saturated carbocycles. The maximum Gasteiger partial charge on any atom is 0.305 e. The average Bonchev–Trinajstić information content (AvgIpc) is 2.37. The molecule has 1 aromatic carbocycles. The molecule has 0 radical (unpaired) electrons. The molecule has 0 saturated heterocycles. The Morgan fingerprint density at radius 1 is 1.29 bits per heavy atom. The second kappa shape index (κ2) is 8.43. The first kappa shape index (κ1) is 14.4. The highest BCUT2D eigenvalue weighted by atomic mass is 35.5. The SMILES string of the molecule is COC(=O)CCc1ccc(CSCCCl)cc1. The van der Waals surface area contributed by atoms with Crippen LogP contribution in [0.3, 0.4) is 0 Å². The van der Waals surface area contributed by atoms with E-state index in [4.69, 9.17) is 11.6 Å². The van der Waals surface area contributed by atoms with Gasteiger partial charge in [-0.15, -0.1) is 11.6 Å². The van der Waals surface area contributed by atoms with E-state index in [0.29, 0.717) is 12.3 Å². The van der Waals surface area contributed by atoms with Gasteiger partial charge < -0.3 is 4.74 Å². The minimum absolute atomic E-state index is 0.160. The Bertz CT molecular complexity index is 338. The molecule has 0 aliphatic rings. The number of hydrogen-bond donors (Lipinski definition) is 0. The molecule has 0 bridgehead atoms. The van der Waals surface area contributed by atoms with Gasteiger partial charge in [0.05, 0.1) is 7.11 Å². The molecule has 0 aromatic heterocycles. The third-order valence-electron chi connectivity index (χ3n) is 2.36. The summed E-state index contributed by atoms with van der Waals surface area (Å²) in [6.07, 6.45) is 1.18. The van der Waals surface area contributed by atoms with E-state index < -0.39 is 0 Å². The van der Waals surface area contributed by atoms with Gasteiger partial charge in [0, 0.05) is 23.8 Å². The van der Waals surface area contributed by atoms with Crippen molar-refractivity contribution in [1.29, 1.82) is 0 Å². The lowest BCUT2D eigenvalue weighted by atomic mass is 10.1. The zero-order valence-corrected chi connectivity index (χ0v) is 11.5. The van der Waals surface area contributed by atoms with Crippen LogP contribution in [0, 0.1) is 0 Å². The highest BCUT2D eigenvalue weighted by Crippen LogP contribution is 2.14.